The molecular formula is C12H19NO2. The molecule has 15 heavy (non-hydrogen) atoms. The van der Waals surface area contributed by atoms with Crippen LogP contribution in [-0.2, 0) is 6.61 Å². The third-order valence-electron chi connectivity index (χ3n) is 2.17. The predicted molar refractivity (Wildman–Crippen MR) is 61.0 cm³/mol. The molecule has 0 aromatic heterocycles. The van der Waals surface area contributed by atoms with Crippen LogP contribution >= 0.6 is 0 Å². The summed E-state index contributed by atoms with van der Waals surface area (Å²) in [6.07, 6.45) is 0. The van der Waals surface area contributed by atoms with E-state index in [1.165, 1.54) is 0 Å². The van der Waals surface area contributed by atoms with E-state index in [4.69, 9.17) is 9.84 Å². The van der Waals surface area contributed by atoms with Gasteiger partial charge >= 0.3 is 0 Å². The second-order valence-electron chi connectivity index (χ2n) is 3.78. The Balaban J connectivity index is 2.43. The second kappa shape index (κ2) is 6.43. The lowest BCUT2D eigenvalue weighted by Crippen LogP contribution is -2.21. The molecule has 3 heteroatoms. The van der Waals surface area contributed by atoms with Gasteiger partial charge in [0, 0.05) is 12.5 Å². The van der Waals surface area contributed by atoms with Gasteiger partial charge in [0.25, 0.3) is 0 Å². The number of aliphatic hydroxyl groups excluding tert-OH is 1. The molecule has 1 rings (SSSR count). The molecule has 0 amide bonds. The maximum Gasteiger partial charge on any atom is 0.119 e. The lowest BCUT2D eigenvalue weighted by molar-refractivity contribution is 0.255. The van der Waals surface area contributed by atoms with Crippen LogP contribution in [0.25, 0.3) is 0 Å². The van der Waals surface area contributed by atoms with Crippen molar-refractivity contribution in [1.29, 1.82) is 0 Å². The number of benzene rings is 1. The Bertz CT molecular complexity index is 289. The standard InChI is InChI=1S/C12H19NO2/c1-10(7-13-2)9-15-12-5-3-4-11(6-12)8-14/h3-6,10,13-14H,7-9H2,1-2H3. The maximum atomic E-state index is 8.96. The Hall–Kier alpha value is -1.06. The molecule has 0 aliphatic rings. The van der Waals surface area contributed by atoms with Crippen LogP contribution in [0.2, 0.25) is 0 Å². The first-order valence-corrected chi connectivity index (χ1v) is 5.23. The lowest BCUT2D eigenvalue weighted by Gasteiger charge is -2.12. The van der Waals surface area contributed by atoms with Crippen LogP contribution in [0.4, 0.5) is 0 Å². The molecule has 0 radical (unpaired) electrons. The zero-order chi connectivity index (χ0) is 11.1. The Morgan fingerprint density at radius 1 is 1.47 bits per heavy atom. The topological polar surface area (TPSA) is 41.5 Å². The maximum absolute atomic E-state index is 8.96. The summed E-state index contributed by atoms with van der Waals surface area (Å²) in [5, 5.41) is 12.1. The minimum atomic E-state index is 0.0588. The van der Waals surface area contributed by atoms with Gasteiger partial charge in [-0.15, -0.1) is 0 Å². The van der Waals surface area contributed by atoms with Crippen LogP contribution in [0.1, 0.15) is 12.5 Å². The molecule has 1 unspecified atom stereocenters. The second-order valence-corrected chi connectivity index (χ2v) is 3.78. The molecule has 0 heterocycles. The highest BCUT2D eigenvalue weighted by atomic mass is 16.5. The molecule has 1 aromatic rings. The smallest absolute Gasteiger partial charge is 0.119 e. The summed E-state index contributed by atoms with van der Waals surface area (Å²) in [6.45, 7) is 3.82. The summed E-state index contributed by atoms with van der Waals surface area (Å²) in [5.41, 5.74) is 0.883. The third-order valence-corrected chi connectivity index (χ3v) is 2.17. The van der Waals surface area contributed by atoms with Crippen molar-refractivity contribution in [2.24, 2.45) is 5.92 Å². The lowest BCUT2D eigenvalue weighted by atomic mass is 10.2. The van der Waals surface area contributed by atoms with Gasteiger partial charge in [-0.3, -0.25) is 0 Å². The van der Waals surface area contributed by atoms with Gasteiger partial charge in [-0.2, -0.15) is 0 Å². The fourth-order valence-corrected chi connectivity index (χ4v) is 1.38. The number of nitrogens with one attached hydrogen (secondary N) is 1. The molecule has 0 spiro atoms. The highest BCUT2D eigenvalue weighted by molar-refractivity contribution is 5.27. The zero-order valence-corrected chi connectivity index (χ0v) is 9.36. The molecule has 0 aliphatic carbocycles. The summed E-state index contributed by atoms with van der Waals surface area (Å²) in [4.78, 5) is 0. The molecule has 0 fully saturated rings. The Kier molecular flexibility index (Phi) is 5.15. The van der Waals surface area contributed by atoms with Crippen molar-refractivity contribution in [2.45, 2.75) is 13.5 Å². The number of rotatable bonds is 6. The third kappa shape index (κ3) is 4.32. The minimum Gasteiger partial charge on any atom is -0.493 e. The van der Waals surface area contributed by atoms with Crippen LogP contribution in [0.5, 0.6) is 5.75 Å². The highest BCUT2D eigenvalue weighted by Crippen LogP contribution is 2.14. The average molecular weight is 209 g/mol. The van der Waals surface area contributed by atoms with Gasteiger partial charge in [0.1, 0.15) is 5.75 Å². The van der Waals surface area contributed by atoms with Crippen molar-refractivity contribution in [3.8, 4) is 5.75 Å². The van der Waals surface area contributed by atoms with Gasteiger partial charge < -0.3 is 15.2 Å². The van der Waals surface area contributed by atoms with Gasteiger partial charge in [0.2, 0.25) is 0 Å². The summed E-state index contributed by atoms with van der Waals surface area (Å²) in [7, 11) is 1.93. The van der Waals surface area contributed by atoms with E-state index in [-0.39, 0.29) is 6.61 Å². The number of ether oxygens (including phenoxy) is 1. The molecule has 0 aliphatic heterocycles. The van der Waals surface area contributed by atoms with Gasteiger partial charge in [-0.1, -0.05) is 19.1 Å². The van der Waals surface area contributed by atoms with Gasteiger partial charge in [0.05, 0.1) is 13.2 Å². The van der Waals surface area contributed by atoms with Gasteiger partial charge in [-0.05, 0) is 24.7 Å². The van der Waals surface area contributed by atoms with E-state index < -0.39 is 0 Å². The quantitative estimate of drug-likeness (QED) is 0.744. The van der Waals surface area contributed by atoms with E-state index in [9.17, 15) is 0 Å². The van der Waals surface area contributed by atoms with E-state index in [1.54, 1.807) is 0 Å². The SMILES string of the molecule is CNCC(C)COc1cccc(CO)c1. The summed E-state index contributed by atoms with van der Waals surface area (Å²) in [6, 6.07) is 7.55. The normalized spacial score (nSPS) is 12.5. The van der Waals surface area contributed by atoms with E-state index in [0.717, 1.165) is 17.9 Å². The Morgan fingerprint density at radius 2 is 2.27 bits per heavy atom. The van der Waals surface area contributed by atoms with Crippen LogP contribution in [0, 0.1) is 5.92 Å². The van der Waals surface area contributed by atoms with Crippen LogP contribution in [0.3, 0.4) is 0 Å². The molecule has 0 saturated carbocycles. The van der Waals surface area contributed by atoms with Crippen LogP contribution in [-0.4, -0.2) is 25.3 Å². The summed E-state index contributed by atoms with van der Waals surface area (Å²) >= 11 is 0. The van der Waals surface area contributed by atoms with Crippen molar-refractivity contribution in [3.63, 3.8) is 0 Å². The van der Waals surface area contributed by atoms with Gasteiger partial charge in [-0.25, -0.2) is 0 Å². The number of hydrogen-bond acceptors (Lipinski definition) is 3. The average Bonchev–Trinajstić information content (AvgIpc) is 2.27. The molecule has 0 bridgehead atoms. The van der Waals surface area contributed by atoms with E-state index in [1.807, 2.05) is 31.3 Å². The first kappa shape index (κ1) is 12.0. The fraction of sp³-hybridized carbons (Fsp3) is 0.500. The van der Waals surface area contributed by atoms with Crippen molar-refractivity contribution in [1.82, 2.24) is 5.32 Å². The van der Waals surface area contributed by atoms with Crippen LogP contribution in [0.15, 0.2) is 24.3 Å². The molecule has 3 nitrogen and oxygen atoms in total. The zero-order valence-electron chi connectivity index (χ0n) is 9.36. The van der Waals surface area contributed by atoms with Crippen molar-refractivity contribution in [2.75, 3.05) is 20.2 Å². The number of hydrogen-bond donors (Lipinski definition) is 2. The van der Waals surface area contributed by atoms with E-state index in [0.29, 0.717) is 12.5 Å². The first-order valence-electron chi connectivity index (χ1n) is 5.23. The van der Waals surface area contributed by atoms with Crippen molar-refractivity contribution in [3.05, 3.63) is 29.8 Å². The first-order chi connectivity index (χ1) is 7.26. The van der Waals surface area contributed by atoms with E-state index >= 15 is 0 Å². The molecule has 84 valence electrons. The minimum absolute atomic E-state index is 0.0588. The molecule has 2 N–H and O–H groups in total. The van der Waals surface area contributed by atoms with Gasteiger partial charge in [0.15, 0.2) is 0 Å². The summed E-state index contributed by atoms with van der Waals surface area (Å²) in [5.74, 6) is 1.30. The molecule has 1 atom stereocenters. The Morgan fingerprint density at radius 3 is 2.93 bits per heavy atom. The molecular weight excluding hydrogens is 190 g/mol. The fourth-order valence-electron chi connectivity index (χ4n) is 1.38. The molecule has 1 aromatic carbocycles. The van der Waals surface area contributed by atoms with Crippen molar-refractivity contribution < 1.29 is 9.84 Å². The molecule has 0 saturated heterocycles. The largest absolute Gasteiger partial charge is 0.493 e. The predicted octanol–water partition coefficient (Wildman–Crippen LogP) is 1.41. The summed E-state index contributed by atoms with van der Waals surface area (Å²) < 4.78 is 5.61. The Labute approximate surface area is 91.1 Å². The van der Waals surface area contributed by atoms with Crippen LogP contribution < -0.4 is 10.1 Å². The van der Waals surface area contributed by atoms with E-state index in [2.05, 4.69) is 12.2 Å². The highest BCUT2D eigenvalue weighted by Gasteiger charge is 2.02. The number of aliphatic hydroxyl groups is 1. The monoisotopic (exact) mass is 209 g/mol. The van der Waals surface area contributed by atoms with Crippen molar-refractivity contribution >= 4 is 0 Å².